The van der Waals surface area contributed by atoms with E-state index in [-0.39, 0.29) is 11.9 Å². The molecule has 3 heterocycles. The minimum atomic E-state index is -0.163. The average molecular weight is 297 g/mol. The Morgan fingerprint density at radius 2 is 2.14 bits per heavy atom. The van der Waals surface area contributed by atoms with Crippen LogP contribution >= 0.6 is 0 Å². The number of rotatable bonds is 2. The summed E-state index contributed by atoms with van der Waals surface area (Å²) < 4.78 is 14.2. The maximum Gasteiger partial charge on any atom is 0.160 e. The lowest BCUT2D eigenvalue weighted by atomic mass is 10.0. The van der Waals surface area contributed by atoms with Gasteiger partial charge in [0.2, 0.25) is 0 Å². The summed E-state index contributed by atoms with van der Waals surface area (Å²) in [6, 6.07) is 6.97. The summed E-state index contributed by atoms with van der Waals surface area (Å²) >= 11 is 0. The van der Waals surface area contributed by atoms with E-state index < -0.39 is 0 Å². The van der Waals surface area contributed by atoms with Crippen molar-refractivity contribution in [2.24, 2.45) is 5.92 Å². The number of aromatic nitrogens is 4. The number of fused-ring (bicyclic) bond motifs is 1. The minimum Gasteiger partial charge on any atom is -0.348 e. The van der Waals surface area contributed by atoms with Crippen molar-refractivity contribution in [2.75, 3.05) is 11.4 Å². The fourth-order valence-electron chi connectivity index (χ4n) is 3.30. The molecule has 1 aliphatic heterocycles. The number of H-pyrrole nitrogens is 1. The normalized spacial score (nSPS) is 21.6. The van der Waals surface area contributed by atoms with Crippen molar-refractivity contribution in [1.29, 1.82) is 0 Å². The molecule has 0 spiro atoms. The minimum absolute atomic E-state index is 0.0100. The van der Waals surface area contributed by atoms with Crippen molar-refractivity contribution in [1.82, 2.24) is 20.2 Å². The van der Waals surface area contributed by atoms with Gasteiger partial charge in [-0.2, -0.15) is 5.10 Å². The summed E-state index contributed by atoms with van der Waals surface area (Å²) in [7, 11) is 0. The van der Waals surface area contributed by atoms with Gasteiger partial charge in [0.15, 0.2) is 5.65 Å². The maximum atomic E-state index is 14.2. The number of benzene rings is 1. The van der Waals surface area contributed by atoms with E-state index >= 15 is 0 Å². The molecule has 1 aliphatic rings. The van der Waals surface area contributed by atoms with Crippen LogP contribution < -0.4 is 4.90 Å². The van der Waals surface area contributed by atoms with Gasteiger partial charge < -0.3 is 4.90 Å². The first-order valence-electron chi connectivity index (χ1n) is 7.39. The van der Waals surface area contributed by atoms with Crippen LogP contribution in [0.5, 0.6) is 0 Å². The second-order valence-electron chi connectivity index (χ2n) is 5.86. The smallest absolute Gasteiger partial charge is 0.160 e. The highest BCUT2D eigenvalue weighted by Gasteiger charge is 2.34. The van der Waals surface area contributed by atoms with Crippen molar-refractivity contribution in [3.63, 3.8) is 0 Å². The molecule has 5 nitrogen and oxygen atoms in total. The Bertz CT molecular complexity index is 815. The molecule has 1 saturated heterocycles. The first-order valence-corrected chi connectivity index (χ1v) is 7.39. The molecule has 0 bridgehead atoms. The predicted molar refractivity (Wildman–Crippen MR) is 82.0 cm³/mol. The lowest BCUT2D eigenvalue weighted by Gasteiger charge is -2.26. The van der Waals surface area contributed by atoms with Crippen LogP contribution in [0.1, 0.15) is 24.9 Å². The molecule has 2 unspecified atom stereocenters. The molecular formula is C16H16FN5. The number of hydrogen-bond acceptors (Lipinski definition) is 4. The van der Waals surface area contributed by atoms with Crippen LogP contribution in [0.4, 0.5) is 10.2 Å². The van der Waals surface area contributed by atoms with Gasteiger partial charge in [-0.25, -0.2) is 14.4 Å². The summed E-state index contributed by atoms with van der Waals surface area (Å²) in [6.45, 7) is 3.03. The van der Waals surface area contributed by atoms with E-state index in [0.717, 1.165) is 29.7 Å². The van der Waals surface area contributed by atoms with E-state index in [1.54, 1.807) is 12.3 Å². The lowest BCUT2D eigenvalue weighted by Crippen LogP contribution is -2.25. The highest BCUT2D eigenvalue weighted by Crippen LogP contribution is 2.40. The predicted octanol–water partition coefficient (Wildman–Crippen LogP) is 3.08. The van der Waals surface area contributed by atoms with Crippen molar-refractivity contribution in [3.05, 3.63) is 48.2 Å². The first kappa shape index (κ1) is 13.2. The quantitative estimate of drug-likeness (QED) is 0.789. The Morgan fingerprint density at radius 1 is 1.27 bits per heavy atom. The van der Waals surface area contributed by atoms with E-state index in [0.29, 0.717) is 11.6 Å². The van der Waals surface area contributed by atoms with E-state index in [1.165, 1.54) is 12.4 Å². The summed E-state index contributed by atoms with van der Waals surface area (Å²) in [4.78, 5) is 10.8. The number of aromatic amines is 1. The van der Waals surface area contributed by atoms with E-state index in [2.05, 4.69) is 32.0 Å². The lowest BCUT2D eigenvalue weighted by molar-refractivity contribution is 0.563. The second kappa shape index (κ2) is 5.05. The third kappa shape index (κ3) is 2.03. The molecule has 6 heteroatoms. The summed E-state index contributed by atoms with van der Waals surface area (Å²) in [6.07, 6.45) is 4.16. The molecule has 0 amide bonds. The second-order valence-corrected chi connectivity index (χ2v) is 5.86. The summed E-state index contributed by atoms with van der Waals surface area (Å²) in [5.74, 6) is 1.13. The molecule has 1 N–H and O–H groups in total. The van der Waals surface area contributed by atoms with Gasteiger partial charge >= 0.3 is 0 Å². The van der Waals surface area contributed by atoms with Crippen molar-refractivity contribution in [2.45, 2.75) is 19.4 Å². The van der Waals surface area contributed by atoms with Crippen molar-refractivity contribution < 1.29 is 4.39 Å². The molecule has 112 valence electrons. The van der Waals surface area contributed by atoms with Gasteiger partial charge in [-0.05, 0) is 18.4 Å². The zero-order valence-corrected chi connectivity index (χ0v) is 12.2. The monoisotopic (exact) mass is 297 g/mol. The average Bonchev–Trinajstić information content (AvgIpc) is 3.13. The van der Waals surface area contributed by atoms with Crippen LogP contribution in [0, 0.1) is 11.7 Å². The Labute approximate surface area is 127 Å². The van der Waals surface area contributed by atoms with E-state index in [4.69, 9.17) is 0 Å². The highest BCUT2D eigenvalue weighted by atomic mass is 19.1. The molecule has 2 atom stereocenters. The summed E-state index contributed by atoms with van der Waals surface area (Å²) in [5.41, 5.74) is 1.43. The SMILES string of the molecule is CC1CC(c2ccccc2F)N(c2ncnc3[nH]ncc23)C1. The third-order valence-corrected chi connectivity index (χ3v) is 4.27. The van der Waals surface area contributed by atoms with Crippen LogP contribution in [0.25, 0.3) is 11.0 Å². The van der Waals surface area contributed by atoms with Gasteiger partial charge in [0, 0.05) is 12.1 Å². The fourth-order valence-corrected chi connectivity index (χ4v) is 3.30. The van der Waals surface area contributed by atoms with Gasteiger partial charge in [0.1, 0.15) is 18.0 Å². The first-order chi connectivity index (χ1) is 10.7. The van der Waals surface area contributed by atoms with Crippen molar-refractivity contribution >= 4 is 16.9 Å². The fraction of sp³-hybridized carbons (Fsp3) is 0.312. The molecule has 0 saturated carbocycles. The molecule has 1 aromatic carbocycles. The zero-order chi connectivity index (χ0) is 15.1. The molecule has 1 fully saturated rings. The molecular weight excluding hydrogens is 281 g/mol. The number of hydrogen-bond donors (Lipinski definition) is 1. The molecule has 0 radical (unpaired) electrons. The van der Waals surface area contributed by atoms with Gasteiger partial charge in [-0.15, -0.1) is 0 Å². The number of anilines is 1. The zero-order valence-electron chi connectivity index (χ0n) is 12.2. The van der Waals surface area contributed by atoms with Crippen LogP contribution in [0.2, 0.25) is 0 Å². The Kier molecular flexibility index (Phi) is 3.03. The third-order valence-electron chi connectivity index (χ3n) is 4.27. The number of nitrogens with zero attached hydrogens (tertiary/aromatic N) is 4. The van der Waals surface area contributed by atoms with Crippen LogP contribution in [-0.2, 0) is 0 Å². The van der Waals surface area contributed by atoms with E-state index in [1.807, 2.05) is 12.1 Å². The standard InChI is InChI=1S/C16H16FN5/c1-10-6-14(11-4-2-3-5-13(11)17)22(8-10)16-12-7-20-21-15(12)18-9-19-16/h2-5,7,9-10,14H,6,8H2,1H3,(H,18,19,20,21). The van der Waals surface area contributed by atoms with Crippen LogP contribution in [-0.4, -0.2) is 26.7 Å². The molecule has 22 heavy (non-hydrogen) atoms. The summed E-state index contributed by atoms with van der Waals surface area (Å²) in [5, 5.41) is 7.77. The van der Waals surface area contributed by atoms with Gasteiger partial charge in [-0.1, -0.05) is 25.1 Å². The van der Waals surface area contributed by atoms with Gasteiger partial charge in [-0.3, -0.25) is 5.10 Å². The molecule has 3 aromatic rings. The van der Waals surface area contributed by atoms with Gasteiger partial charge in [0.25, 0.3) is 0 Å². The molecule has 4 rings (SSSR count). The number of nitrogens with one attached hydrogen (secondary N) is 1. The largest absolute Gasteiger partial charge is 0.348 e. The van der Waals surface area contributed by atoms with Gasteiger partial charge in [0.05, 0.1) is 17.6 Å². The van der Waals surface area contributed by atoms with Crippen molar-refractivity contribution in [3.8, 4) is 0 Å². The Hall–Kier alpha value is -2.50. The maximum absolute atomic E-state index is 14.2. The molecule has 2 aromatic heterocycles. The molecule has 0 aliphatic carbocycles. The van der Waals surface area contributed by atoms with E-state index in [9.17, 15) is 4.39 Å². The van der Waals surface area contributed by atoms with Crippen LogP contribution in [0.15, 0.2) is 36.8 Å². The topological polar surface area (TPSA) is 57.7 Å². The highest BCUT2D eigenvalue weighted by molar-refractivity contribution is 5.86. The Balaban J connectivity index is 1.82. The Morgan fingerprint density at radius 3 is 3.00 bits per heavy atom. The van der Waals surface area contributed by atoms with Crippen LogP contribution in [0.3, 0.4) is 0 Å². The number of halogens is 1.